The van der Waals surface area contributed by atoms with Crippen molar-refractivity contribution in [2.75, 3.05) is 7.11 Å². The highest BCUT2D eigenvalue weighted by Crippen LogP contribution is 2.33. The molecule has 1 heterocycles. The summed E-state index contributed by atoms with van der Waals surface area (Å²) in [6.07, 6.45) is 3.42. The van der Waals surface area contributed by atoms with Gasteiger partial charge in [-0.2, -0.15) is 0 Å². The SMILES string of the molecule is COc1cc(C)cc(-c2ccc(Br)c3nccnc23)c1. The van der Waals surface area contributed by atoms with Gasteiger partial charge in [0.1, 0.15) is 11.3 Å². The number of halogens is 1. The van der Waals surface area contributed by atoms with E-state index in [4.69, 9.17) is 4.74 Å². The molecule has 20 heavy (non-hydrogen) atoms. The number of rotatable bonds is 2. The van der Waals surface area contributed by atoms with Crippen molar-refractivity contribution < 1.29 is 4.74 Å². The van der Waals surface area contributed by atoms with Crippen LogP contribution in [-0.4, -0.2) is 17.1 Å². The Bertz CT molecular complexity index is 787. The van der Waals surface area contributed by atoms with Crippen LogP contribution in [0.25, 0.3) is 22.2 Å². The first-order valence-corrected chi connectivity index (χ1v) is 7.03. The van der Waals surface area contributed by atoms with Crippen molar-refractivity contribution in [3.05, 3.63) is 52.8 Å². The van der Waals surface area contributed by atoms with Gasteiger partial charge in [0.25, 0.3) is 0 Å². The Morgan fingerprint density at radius 1 is 1.00 bits per heavy atom. The maximum Gasteiger partial charge on any atom is 0.119 e. The van der Waals surface area contributed by atoms with Gasteiger partial charge in [-0.1, -0.05) is 12.1 Å². The van der Waals surface area contributed by atoms with Crippen molar-refractivity contribution in [1.29, 1.82) is 0 Å². The quantitative estimate of drug-likeness (QED) is 0.700. The molecule has 0 amide bonds. The van der Waals surface area contributed by atoms with E-state index in [9.17, 15) is 0 Å². The lowest BCUT2D eigenvalue weighted by molar-refractivity contribution is 0.414. The van der Waals surface area contributed by atoms with Crippen LogP contribution in [0.5, 0.6) is 5.75 Å². The van der Waals surface area contributed by atoms with E-state index in [1.807, 2.05) is 18.2 Å². The second-order valence-corrected chi connectivity index (χ2v) is 5.44. The average molecular weight is 329 g/mol. The van der Waals surface area contributed by atoms with Gasteiger partial charge in [0, 0.05) is 22.4 Å². The molecule has 0 saturated heterocycles. The number of nitrogens with zero attached hydrogens (tertiary/aromatic N) is 2. The highest BCUT2D eigenvalue weighted by Gasteiger charge is 2.10. The minimum atomic E-state index is 0.847. The lowest BCUT2D eigenvalue weighted by Gasteiger charge is -2.09. The van der Waals surface area contributed by atoms with Crippen LogP contribution >= 0.6 is 15.9 Å². The summed E-state index contributed by atoms with van der Waals surface area (Å²) in [4.78, 5) is 8.86. The summed E-state index contributed by atoms with van der Waals surface area (Å²) in [5, 5.41) is 0. The molecule has 0 radical (unpaired) electrons. The molecule has 0 N–H and O–H groups in total. The largest absolute Gasteiger partial charge is 0.497 e. The minimum Gasteiger partial charge on any atom is -0.497 e. The summed E-state index contributed by atoms with van der Waals surface area (Å²) >= 11 is 3.52. The third-order valence-corrected chi connectivity index (χ3v) is 3.81. The Morgan fingerprint density at radius 3 is 2.50 bits per heavy atom. The molecule has 0 bridgehead atoms. The van der Waals surface area contributed by atoms with Gasteiger partial charge in [-0.25, -0.2) is 0 Å². The van der Waals surface area contributed by atoms with E-state index in [1.165, 1.54) is 0 Å². The molecule has 0 aliphatic carbocycles. The Morgan fingerprint density at radius 2 is 1.75 bits per heavy atom. The lowest BCUT2D eigenvalue weighted by atomic mass is 10.0. The Hall–Kier alpha value is -1.94. The monoisotopic (exact) mass is 328 g/mol. The van der Waals surface area contributed by atoms with Gasteiger partial charge < -0.3 is 4.74 Å². The molecule has 0 saturated carbocycles. The molecule has 1 aromatic heterocycles. The number of aromatic nitrogens is 2. The predicted molar refractivity (Wildman–Crippen MR) is 84.0 cm³/mol. The highest BCUT2D eigenvalue weighted by molar-refractivity contribution is 9.10. The fourth-order valence-corrected chi connectivity index (χ4v) is 2.70. The van der Waals surface area contributed by atoms with E-state index in [0.717, 1.165) is 37.9 Å². The maximum atomic E-state index is 5.35. The zero-order valence-corrected chi connectivity index (χ0v) is 12.8. The number of hydrogen-bond acceptors (Lipinski definition) is 3. The maximum absolute atomic E-state index is 5.35. The van der Waals surface area contributed by atoms with Crippen molar-refractivity contribution in [2.24, 2.45) is 0 Å². The van der Waals surface area contributed by atoms with Gasteiger partial charge in [0.15, 0.2) is 0 Å². The smallest absolute Gasteiger partial charge is 0.119 e. The average Bonchev–Trinajstić information content (AvgIpc) is 2.47. The minimum absolute atomic E-state index is 0.847. The zero-order chi connectivity index (χ0) is 14.1. The normalized spacial score (nSPS) is 10.8. The van der Waals surface area contributed by atoms with Crippen LogP contribution in [0.3, 0.4) is 0 Å². The van der Waals surface area contributed by atoms with Crippen LogP contribution < -0.4 is 4.74 Å². The number of methoxy groups -OCH3 is 1. The summed E-state index contributed by atoms with van der Waals surface area (Å²) in [6, 6.07) is 10.2. The van der Waals surface area contributed by atoms with Crippen LogP contribution in [0.1, 0.15) is 5.56 Å². The first-order valence-electron chi connectivity index (χ1n) is 6.24. The van der Waals surface area contributed by atoms with Gasteiger partial charge >= 0.3 is 0 Å². The number of fused-ring (bicyclic) bond motifs is 1. The molecule has 0 aliphatic rings. The molecule has 3 nitrogen and oxygen atoms in total. The van der Waals surface area contributed by atoms with Gasteiger partial charge in [-0.3, -0.25) is 9.97 Å². The third kappa shape index (κ3) is 2.27. The molecule has 4 heteroatoms. The topological polar surface area (TPSA) is 35.0 Å². The summed E-state index contributed by atoms with van der Waals surface area (Å²) in [7, 11) is 1.68. The van der Waals surface area contributed by atoms with Gasteiger partial charge in [0.05, 0.1) is 12.6 Å². The van der Waals surface area contributed by atoms with E-state index in [2.05, 4.69) is 45.0 Å². The number of ether oxygens (including phenoxy) is 1. The zero-order valence-electron chi connectivity index (χ0n) is 11.2. The Kier molecular flexibility index (Phi) is 3.40. The van der Waals surface area contributed by atoms with Crippen LogP contribution in [0.4, 0.5) is 0 Å². The standard InChI is InChI=1S/C16H13BrN2O/c1-10-7-11(9-12(8-10)20-2)13-3-4-14(17)16-15(13)18-5-6-19-16/h3-9H,1-2H3. The number of aryl methyl sites for hydroxylation is 1. The Labute approximate surface area is 125 Å². The van der Waals surface area contributed by atoms with E-state index in [-0.39, 0.29) is 0 Å². The first-order chi connectivity index (χ1) is 9.69. The van der Waals surface area contributed by atoms with Gasteiger partial charge in [-0.05, 0) is 52.2 Å². The van der Waals surface area contributed by atoms with Gasteiger partial charge in [0.2, 0.25) is 0 Å². The molecule has 0 unspecified atom stereocenters. The molecule has 0 fully saturated rings. The van der Waals surface area contributed by atoms with Crippen molar-refractivity contribution in [2.45, 2.75) is 6.92 Å². The highest BCUT2D eigenvalue weighted by atomic mass is 79.9. The summed E-state index contributed by atoms with van der Waals surface area (Å²) < 4.78 is 6.30. The van der Waals surface area contributed by atoms with E-state index in [1.54, 1.807) is 19.5 Å². The first kappa shape index (κ1) is 13.1. The predicted octanol–water partition coefficient (Wildman–Crippen LogP) is 4.38. The number of benzene rings is 2. The number of hydrogen-bond donors (Lipinski definition) is 0. The fourth-order valence-electron chi connectivity index (χ4n) is 2.28. The lowest BCUT2D eigenvalue weighted by Crippen LogP contribution is -1.90. The van der Waals surface area contributed by atoms with Gasteiger partial charge in [-0.15, -0.1) is 0 Å². The van der Waals surface area contributed by atoms with Crippen LogP contribution in [0, 0.1) is 6.92 Å². The molecule has 0 atom stereocenters. The summed E-state index contributed by atoms with van der Waals surface area (Å²) in [6.45, 7) is 2.05. The van der Waals surface area contributed by atoms with E-state index in [0.29, 0.717) is 0 Å². The molecular formula is C16H13BrN2O. The van der Waals surface area contributed by atoms with E-state index < -0.39 is 0 Å². The molecular weight excluding hydrogens is 316 g/mol. The second kappa shape index (κ2) is 5.21. The van der Waals surface area contributed by atoms with Crippen LogP contribution in [0.2, 0.25) is 0 Å². The van der Waals surface area contributed by atoms with Crippen molar-refractivity contribution in [3.8, 4) is 16.9 Å². The summed E-state index contributed by atoms with van der Waals surface area (Å²) in [5.74, 6) is 0.847. The molecule has 100 valence electrons. The molecule has 3 rings (SSSR count). The fraction of sp³-hybridized carbons (Fsp3) is 0.125. The summed E-state index contributed by atoms with van der Waals surface area (Å²) in [5.41, 5.74) is 5.04. The van der Waals surface area contributed by atoms with E-state index >= 15 is 0 Å². The van der Waals surface area contributed by atoms with Crippen LogP contribution in [0.15, 0.2) is 47.2 Å². The van der Waals surface area contributed by atoms with Crippen molar-refractivity contribution in [1.82, 2.24) is 9.97 Å². The van der Waals surface area contributed by atoms with Crippen LogP contribution in [-0.2, 0) is 0 Å². The molecule has 0 spiro atoms. The Balaban J connectivity index is 2.30. The third-order valence-electron chi connectivity index (χ3n) is 3.17. The van der Waals surface area contributed by atoms with Crippen molar-refractivity contribution in [3.63, 3.8) is 0 Å². The van der Waals surface area contributed by atoms with Crippen molar-refractivity contribution >= 4 is 27.0 Å². The second-order valence-electron chi connectivity index (χ2n) is 4.59. The molecule has 3 aromatic rings. The molecule has 0 aliphatic heterocycles. The molecule has 2 aromatic carbocycles.